The van der Waals surface area contributed by atoms with Crippen LogP contribution in [0, 0.1) is 0 Å². The van der Waals surface area contributed by atoms with Gasteiger partial charge >= 0.3 is 0 Å². The van der Waals surface area contributed by atoms with E-state index in [4.69, 9.17) is 0 Å². The summed E-state index contributed by atoms with van der Waals surface area (Å²) in [5, 5.41) is 0. The van der Waals surface area contributed by atoms with Crippen LogP contribution in [0.2, 0.25) is 12.1 Å². The first-order chi connectivity index (χ1) is 3.91. The molecule has 0 atom stereocenters. The van der Waals surface area contributed by atoms with Crippen molar-refractivity contribution < 1.29 is 0 Å². The molecule has 2 radical (unpaired) electrons. The first kappa shape index (κ1) is 7.96. The van der Waals surface area contributed by atoms with Gasteiger partial charge < -0.3 is 0 Å². The molecule has 0 aliphatic heterocycles. The van der Waals surface area contributed by atoms with Crippen molar-refractivity contribution in [3.05, 3.63) is 12.2 Å². The van der Waals surface area contributed by atoms with E-state index in [0.29, 0.717) is 0 Å². The lowest BCUT2D eigenvalue weighted by molar-refractivity contribution is 1.07. The van der Waals surface area contributed by atoms with Crippen molar-refractivity contribution in [2.45, 2.75) is 32.4 Å². The Balaban J connectivity index is 2.72. The summed E-state index contributed by atoms with van der Waals surface area (Å²) in [6.45, 7) is 4.32. The molecule has 0 rings (SSSR count). The van der Waals surface area contributed by atoms with Crippen LogP contribution in [-0.4, -0.2) is 9.52 Å². The van der Waals surface area contributed by atoms with Crippen LogP contribution < -0.4 is 0 Å². The van der Waals surface area contributed by atoms with E-state index in [1.165, 1.54) is 18.5 Å². The normalized spacial score (nSPS) is 10.8. The number of hydrogen-bond acceptors (Lipinski definition) is 0. The van der Waals surface area contributed by atoms with Gasteiger partial charge in [0, 0.05) is 9.52 Å². The first-order valence-corrected chi connectivity index (χ1v) is 4.65. The molecule has 0 aromatic heterocycles. The highest BCUT2D eigenvalue weighted by atomic mass is 28.2. The summed E-state index contributed by atoms with van der Waals surface area (Å²) in [4.78, 5) is 0. The third-order valence-electron chi connectivity index (χ3n) is 0.925. The van der Waals surface area contributed by atoms with Crippen molar-refractivity contribution in [1.29, 1.82) is 0 Å². The maximum absolute atomic E-state index is 2.24. The number of rotatable bonds is 4. The lowest BCUT2D eigenvalue weighted by Crippen LogP contribution is -1.82. The minimum Gasteiger partial charge on any atom is -0.0920 e. The van der Waals surface area contributed by atoms with Crippen LogP contribution in [-0.2, 0) is 0 Å². The fourth-order valence-corrected chi connectivity index (χ4v) is 1.44. The van der Waals surface area contributed by atoms with Gasteiger partial charge in [0.1, 0.15) is 0 Å². The van der Waals surface area contributed by atoms with Gasteiger partial charge in [0.15, 0.2) is 0 Å². The summed E-state index contributed by atoms with van der Waals surface area (Å²) >= 11 is 0. The van der Waals surface area contributed by atoms with Crippen molar-refractivity contribution >= 4 is 9.52 Å². The van der Waals surface area contributed by atoms with Gasteiger partial charge in [-0.15, -0.1) is 0 Å². The summed E-state index contributed by atoms with van der Waals surface area (Å²) in [5.74, 6) is 0. The monoisotopic (exact) mass is 126 g/mol. The average Bonchev–Trinajstić information content (AvgIpc) is 1.81. The summed E-state index contributed by atoms with van der Waals surface area (Å²) in [5.41, 5.74) is 0. The van der Waals surface area contributed by atoms with Gasteiger partial charge in [0.05, 0.1) is 0 Å². The van der Waals surface area contributed by atoms with Gasteiger partial charge in [-0.05, 0) is 13.0 Å². The second-order valence-electron chi connectivity index (χ2n) is 1.77. The van der Waals surface area contributed by atoms with Gasteiger partial charge in [-0.3, -0.25) is 0 Å². The molecule has 0 amide bonds. The lowest BCUT2D eigenvalue weighted by Gasteiger charge is -1.87. The van der Waals surface area contributed by atoms with E-state index >= 15 is 0 Å². The van der Waals surface area contributed by atoms with E-state index in [1.54, 1.807) is 0 Å². The van der Waals surface area contributed by atoms with Crippen molar-refractivity contribution in [3.8, 4) is 0 Å². The zero-order valence-electron chi connectivity index (χ0n) is 5.78. The molecule has 8 heavy (non-hydrogen) atoms. The van der Waals surface area contributed by atoms with Crippen LogP contribution in [0.5, 0.6) is 0 Å². The Labute approximate surface area is 54.8 Å². The van der Waals surface area contributed by atoms with Crippen molar-refractivity contribution in [3.63, 3.8) is 0 Å². The lowest BCUT2D eigenvalue weighted by atomic mass is 10.6. The largest absolute Gasteiger partial charge is 0.0920 e. The molecule has 0 spiro atoms. The van der Waals surface area contributed by atoms with E-state index < -0.39 is 0 Å². The molecule has 0 aromatic rings. The fourth-order valence-electron chi connectivity index (χ4n) is 0.480. The zero-order chi connectivity index (χ0) is 6.24. The van der Waals surface area contributed by atoms with Crippen LogP contribution in [0.15, 0.2) is 12.2 Å². The van der Waals surface area contributed by atoms with Gasteiger partial charge in [-0.1, -0.05) is 31.5 Å². The molecular weight excluding hydrogens is 112 g/mol. The van der Waals surface area contributed by atoms with Crippen LogP contribution >= 0.6 is 0 Å². The molecule has 0 aliphatic carbocycles. The molecule has 0 saturated heterocycles. The van der Waals surface area contributed by atoms with Crippen molar-refractivity contribution in [2.24, 2.45) is 0 Å². The highest BCUT2D eigenvalue weighted by Gasteiger charge is 1.80. The summed E-state index contributed by atoms with van der Waals surface area (Å²) in [6, 6.07) is 2.70. The Kier molecular flexibility index (Phi) is 6.92. The molecule has 0 bridgehead atoms. The minimum atomic E-state index is 1.15. The zero-order valence-corrected chi connectivity index (χ0v) is 6.78. The van der Waals surface area contributed by atoms with Gasteiger partial charge in [-0.25, -0.2) is 0 Å². The van der Waals surface area contributed by atoms with E-state index in [1.807, 2.05) is 0 Å². The Morgan fingerprint density at radius 3 is 2.75 bits per heavy atom. The van der Waals surface area contributed by atoms with Gasteiger partial charge in [0.2, 0.25) is 0 Å². The predicted molar refractivity (Wildman–Crippen MR) is 40.5 cm³/mol. The molecule has 0 nitrogen and oxygen atoms in total. The Morgan fingerprint density at radius 1 is 1.50 bits per heavy atom. The molecule has 0 aliphatic rings. The Hall–Kier alpha value is -0.0431. The summed E-state index contributed by atoms with van der Waals surface area (Å²) in [7, 11) is 1.15. The number of hydrogen-bond donors (Lipinski definition) is 0. The summed E-state index contributed by atoms with van der Waals surface area (Å²) in [6.07, 6.45) is 5.72. The topological polar surface area (TPSA) is 0 Å². The van der Waals surface area contributed by atoms with E-state index in [2.05, 4.69) is 26.0 Å². The first-order valence-electron chi connectivity index (χ1n) is 3.23. The second kappa shape index (κ2) is 6.96. The van der Waals surface area contributed by atoms with Crippen LogP contribution in [0.25, 0.3) is 0 Å². The van der Waals surface area contributed by atoms with Crippen LogP contribution in [0.1, 0.15) is 20.3 Å². The van der Waals surface area contributed by atoms with Crippen molar-refractivity contribution in [2.75, 3.05) is 0 Å². The van der Waals surface area contributed by atoms with E-state index in [-0.39, 0.29) is 0 Å². The Morgan fingerprint density at radius 2 is 2.25 bits per heavy atom. The van der Waals surface area contributed by atoms with Crippen molar-refractivity contribution in [1.82, 2.24) is 0 Å². The molecular formula is C7H14Si. The van der Waals surface area contributed by atoms with Gasteiger partial charge in [0.25, 0.3) is 0 Å². The quantitative estimate of drug-likeness (QED) is 0.308. The smallest absolute Gasteiger partial charge is 0.0420 e. The van der Waals surface area contributed by atoms with E-state index in [0.717, 1.165) is 9.52 Å². The third kappa shape index (κ3) is 5.96. The molecule has 0 fully saturated rings. The Bertz CT molecular complexity index is 57.4. The maximum Gasteiger partial charge on any atom is 0.0420 e. The molecule has 0 N–H and O–H groups in total. The van der Waals surface area contributed by atoms with Crippen LogP contribution in [0.4, 0.5) is 0 Å². The highest BCUT2D eigenvalue weighted by Crippen LogP contribution is 1.90. The fraction of sp³-hybridized carbons (Fsp3) is 0.714. The molecule has 0 aromatic carbocycles. The standard InChI is InChI=1S/C7H14Si/c1-3-5-7-8-6-4-2/h3,5H,4,6-7H2,1-2H3/b5-3+. The predicted octanol–water partition coefficient (Wildman–Crippen LogP) is 2.51. The molecule has 0 saturated carbocycles. The highest BCUT2D eigenvalue weighted by molar-refractivity contribution is 6.35. The van der Waals surface area contributed by atoms with E-state index in [9.17, 15) is 0 Å². The SMILES string of the molecule is C/C=C/C[Si]CCC. The average molecular weight is 126 g/mol. The second-order valence-corrected chi connectivity index (χ2v) is 3.18. The molecule has 0 unspecified atom stereocenters. The third-order valence-corrected chi connectivity index (χ3v) is 2.30. The van der Waals surface area contributed by atoms with Crippen LogP contribution in [0.3, 0.4) is 0 Å². The number of allylic oxidation sites excluding steroid dienone is 2. The maximum atomic E-state index is 2.24. The summed E-state index contributed by atoms with van der Waals surface area (Å²) < 4.78 is 0. The van der Waals surface area contributed by atoms with Gasteiger partial charge in [-0.2, -0.15) is 0 Å². The molecule has 0 heterocycles. The molecule has 1 heteroatoms. The minimum absolute atomic E-state index is 1.15. The molecule has 46 valence electrons.